The standard InChI is InChI=1S/C20H14N2O8S2.2Na/c23-19-9-11(31(25,26)27)7-15-13(19)3-1-5-17(15)21-22-18-6-2-4-14-16(18)8-12(10-20(14)24)32(28,29)30;;/h1-10,23-24H,(H,25,26,27)(H,28,29,30);;/q;2*+1/p-2. The monoisotopic (exact) mass is 518 g/mol. The van der Waals surface area contributed by atoms with Crippen molar-refractivity contribution in [1.29, 1.82) is 0 Å². The Labute approximate surface area is 238 Å². The summed E-state index contributed by atoms with van der Waals surface area (Å²) in [5, 5.41) is 29.0. The Morgan fingerprint density at radius 1 is 0.588 bits per heavy atom. The molecule has 0 amide bonds. The first-order chi connectivity index (χ1) is 14.9. The van der Waals surface area contributed by atoms with Crippen LogP contribution in [0.5, 0.6) is 11.5 Å². The number of rotatable bonds is 4. The quantitative estimate of drug-likeness (QED) is 0.171. The predicted octanol–water partition coefficient (Wildman–Crippen LogP) is -2.36. The molecule has 0 aromatic heterocycles. The first-order valence-electron chi connectivity index (χ1n) is 8.80. The van der Waals surface area contributed by atoms with E-state index >= 15 is 0 Å². The molecular weight excluding hydrogens is 506 g/mol. The van der Waals surface area contributed by atoms with E-state index in [1.165, 1.54) is 36.4 Å². The van der Waals surface area contributed by atoms with E-state index in [-0.39, 0.29) is 92.0 Å². The minimum atomic E-state index is -4.85. The zero-order valence-electron chi connectivity index (χ0n) is 17.8. The molecule has 0 atom stereocenters. The van der Waals surface area contributed by atoms with Crippen LogP contribution in [-0.2, 0) is 20.2 Å². The molecule has 0 bridgehead atoms. The molecule has 4 aromatic carbocycles. The van der Waals surface area contributed by atoms with Crippen LogP contribution < -0.4 is 59.1 Å². The molecule has 0 heterocycles. The molecule has 0 radical (unpaired) electrons. The van der Waals surface area contributed by atoms with Crippen LogP contribution in [0.1, 0.15) is 0 Å². The molecule has 10 nitrogen and oxygen atoms in total. The Bertz CT molecular complexity index is 1530. The van der Waals surface area contributed by atoms with E-state index in [4.69, 9.17) is 0 Å². The van der Waals surface area contributed by atoms with Crippen LogP contribution in [0.2, 0.25) is 0 Å². The fourth-order valence-corrected chi connectivity index (χ4v) is 4.26. The number of phenolic OH excluding ortho intramolecular Hbond substituents is 2. The molecule has 0 aliphatic heterocycles. The zero-order chi connectivity index (χ0) is 23.3. The zero-order valence-corrected chi connectivity index (χ0v) is 23.5. The molecule has 4 rings (SSSR count). The van der Waals surface area contributed by atoms with E-state index in [1.54, 1.807) is 0 Å². The number of benzene rings is 4. The molecular formula is C20H12N2Na2O8S2. The number of nitrogens with zero attached hydrogens (tertiary/aromatic N) is 2. The third kappa shape index (κ3) is 5.79. The van der Waals surface area contributed by atoms with Crippen molar-refractivity contribution in [3.63, 3.8) is 0 Å². The molecule has 0 spiro atoms. The fraction of sp³-hybridized carbons (Fsp3) is 0. The molecule has 14 heteroatoms. The van der Waals surface area contributed by atoms with Crippen LogP contribution >= 0.6 is 0 Å². The third-order valence-corrected chi connectivity index (χ3v) is 6.32. The number of hydrogen-bond acceptors (Lipinski definition) is 10. The van der Waals surface area contributed by atoms with Gasteiger partial charge in [-0.15, -0.1) is 10.2 Å². The van der Waals surface area contributed by atoms with Crippen molar-refractivity contribution in [3.05, 3.63) is 60.7 Å². The van der Waals surface area contributed by atoms with Crippen LogP contribution in [0.4, 0.5) is 11.4 Å². The van der Waals surface area contributed by atoms with Crippen molar-refractivity contribution in [2.45, 2.75) is 9.79 Å². The van der Waals surface area contributed by atoms with Crippen LogP contribution in [0.15, 0.2) is 80.7 Å². The van der Waals surface area contributed by atoms with Crippen molar-refractivity contribution < 1.29 is 95.3 Å². The molecule has 0 unspecified atom stereocenters. The van der Waals surface area contributed by atoms with E-state index in [9.17, 15) is 36.2 Å². The number of azo groups is 1. The largest absolute Gasteiger partial charge is 1.00 e. The average Bonchev–Trinajstić information content (AvgIpc) is 2.71. The summed E-state index contributed by atoms with van der Waals surface area (Å²) in [4.78, 5) is -1.30. The first-order valence-corrected chi connectivity index (χ1v) is 11.6. The minimum absolute atomic E-state index is 0. The van der Waals surface area contributed by atoms with Crippen molar-refractivity contribution in [3.8, 4) is 11.5 Å². The molecule has 4 aromatic rings. The van der Waals surface area contributed by atoms with Gasteiger partial charge in [0.2, 0.25) is 0 Å². The Morgan fingerprint density at radius 3 is 1.26 bits per heavy atom. The molecule has 2 N–H and O–H groups in total. The molecule has 0 saturated carbocycles. The van der Waals surface area contributed by atoms with Gasteiger partial charge >= 0.3 is 59.1 Å². The number of fused-ring (bicyclic) bond motifs is 2. The van der Waals surface area contributed by atoms with Crippen LogP contribution in [0, 0.1) is 0 Å². The second kappa shape index (κ2) is 10.6. The Balaban J connectivity index is 0.00000204. The summed E-state index contributed by atoms with van der Waals surface area (Å²) in [5.41, 5.74) is 0.217. The summed E-state index contributed by atoms with van der Waals surface area (Å²) in [6, 6.07) is 12.8. The minimum Gasteiger partial charge on any atom is -0.744 e. The number of phenols is 2. The summed E-state index contributed by atoms with van der Waals surface area (Å²) < 4.78 is 68.4. The van der Waals surface area contributed by atoms with Crippen LogP contribution in [-0.4, -0.2) is 36.2 Å². The Hall–Kier alpha value is -1.58. The van der Waals surface area contributed by atoms with E-state index < -0.39 is 41.5 Å². The SMILES string of the molecule is O=S(=O)([O-])c1cc(O)c2cccc(N=Nc3cccc4c(O)cc(S(=O)(=O)[O-])cc34)c2c1.[Na+].[Na+]. The maximum Gasteiger partial charge on any atom is 1.00 e. The second-order valence-electron chi connectivity index (χ2n) is 6.74. The van der Waals surface area contributed by atoms with Gasteiger partial charge in [-0.1, -0.05) is 24.3 Å². The average molecular weight is 518 g/mol. The molecule has 34 heavy (non-hydrogen) atoms. The first kappa shape index (κ1) is 28.7. The van der Waals surface area contributed by atoms with Gasteiger partial charge in [0.05, 0.1) is 21.2 Å². The van der Waals surface area contributed by atoms with Gasteiger partial charge in [0, 0.05) is 21.5 Å². The fourth-order valence-electron chi connectivity index (χ4n) is 3.22. The molecule has 0 fully saturated rings. The van der Waals surface area contributed by atoms with Gasteiger partial charge in [-0.2, -0.15) is 0 Å². The maximum atomic E-state index is 11.4. The summed E-state index contributed by atoms with van der Waals surface area (Å²) in [5.74, 6) is -0.872. The van der Waals surface area contributed by atoms with Crippen molar-refractivity contribution >= 4 is 53.2 Å². The van der Waals surface area contributed by atoms with Gasteiger partial charge < -0.3 is 19.3 Å². The van der Waals surface area contributed by atoms with Crippen molar-refractivity contribution in [1.82, 2.24) is 0 Å². The number of hydrogen-bond donors (Lipinski definition) is 2. The van der Waals surface area contributed by atoms with Crippen molar-refractivity contribution in [2.75, 3.05) is 0 Å². The van der Waals surface area contributed by atoms with E-state index in [0.717, 1.165) is 24.3 Å². The third-order valence-electron chi connectivity index (χ3n) is 4.69. The van der Waals surface area contributed by atoms with Crippen molar-refractivity contribution in [2.24, 2.45) is 10.2 Å². The molecule has 164 valence electrons. The predicted molar refractivity (Wildman–Crippen MR) is 111 cm³/mol. The Morgan fingerprint density at radius 2 is 0.941 bits per heavy atom. The summed E-state index contributed by atoms with van der Waals surface area (Å²) in [6.45, 7) is 0. The molecule has 0 aliphatic carbocycles. The van der Waals surface area contributed by atoms with Gasteiger partial charge in [0.25, 0.3) is 0 Å². The maximum absolute atomic E-state index is 11.4. The summed E-state index contributed by atoms with van der Waals surface area (Å²) in [6.07, 6.45) is 0. The van der Waals surface area contributed by atoms with Crippen LogP contribution in [0.25, 0.3) is 21.5 Å². The van der Waals surface area contributed by atoms with Gasteiger partial charge in [0.1, 0.15) is 31.7 Å². The van der Waals surface area contributed by atoms with Gasteiger partial charge in [-0.25, -0.2) is 16.8 Å². The van der Waals surface area contributed by atoms with Gasteiger partial charge in [-0.3, -0.25) is 0 Å². The van der Waals surface area contributed by atoms with E-state index in [1.807, 2.05) is 0 Å². The molecule has 0 saturated heterocycles. The van der Waals surface area contributed by atoms with Gasteiger partial charge in [-0.05, 0) is 36.4 Å². The van der Waals surface area contributed by atoms with E-state index in [0.29, 0.717) is 0 Å². The Kier molecular flexibility index (Phi) is 8.92. The molecule has 0 aliphatic rings. The smallest absolute Gasteiger partial charge is 0.744 e. The summed E-state index contributed by atoms with van der Waals surface area (Å²) in [7, 11) is -9.70. The number of aromatic hydroxyl groups is 2. The topological polar surface area (TPSA) is 180 Å². The van der Waals surface area contributed by atoms with Crippen LogP contribution in [0.3, 0.4) is 0 Å². The van der Waals surface area contributed by atoms with E-state index in [2.05, 4.69) is 10.2 Å². The van der Waals surface area contributed by atoms with Gasteiger partial charge in [0.15, 0.2) is 0 Å². The summed E-state index contributed by atoms with van der Waals surface area (Å²) >= 11 is 0. The second-order valence-corrected chi connectivity index (χ2v) is 9.50. The normalized spacial score (nSPS) is 11.9.